The van der Waals surface area contributed by atoms with Crippen LogP contribution in [0.5, 0.6) is 0 Å². The molecule has 0 amide bonds. The van der Waals surface area contributed by atoms with Crippen LogP contribution in [0, 0.1) is 17.2 Å². The highest BCUT2D eigenvalue weighted by atomic mass is 14.3. The lowest BCUT2D eigenvalue weighted by Crippen LogP contribution is -1.99. The predicted octanol–water partition coefficient (Wildman–Crippen LogP) is 2.49. The van der Waals surface area contributed by atoms with Gasteiger partial charge in [0, 0.05) is 5.92 Å². The van der Waals surface area contributed by atoms with Crippen molar-refractivity contribution in [2.24, 2.45) is 5.92 Å². The van der Waals surface area contributed by atoms with Crippen LogP contribution in [0.4, 0.5) is 0 Å². The minimum atomic E-state index is 0.256. The Labute approximate surface area is 64.7 Å². The summed E-state index contributed by atoms with van der Waals surface area (Å²) in [4.78, 5) is 0. The van der Waals surface area contributed by atoms with E-state index >= 15 is 0 Å². The molecule has 0 aromatic rings. The van der Waals surface area contributed by atoms with E-state index in [2.05, 4.69) is 27.2 Å². The van der Waals surface area contributed by atoms with Crippen LogP contribution in [0.3, 0.4) is 0 Å². The molecule has 1 unspecified atom stereocenters. The van der Waals surface area contributed by atoms with Gasteiger partial charge in [-0.15, -0.1) is 0 Å². The zero-order valence-corrected chi connectivity index (χ0v) is 6.93. The van der Waals surface area contributed by atoms with Gasteiger partial charge in [-0.3, -0.25) is 0 Å². The minimum Gasteiger partial charge on any atom is -0.198 e. The molecule has 2 heteroatoms. The van der Waals surface area contributed by atoms with Crippen molar-refractivity contribution >= 4 is 7.28 Å². The van der Waals surface area contributed by atoms with Gasteiger partial charge in [-0.05, 0) is 6.42 Å². The van der Waals surface area contributed by atoms with Crippen LogP contribution in [0.15, 0.2) is 0 Å². The van der Waals surface area contributed by atoms with Crippen molar-refractivity contribution in [3.05, 3.63) is 0 Å². The van der Waals surface area contributed by atoms with Gasteiger partial charge in [0.1, 0.15) is 7.28 Å². The summed E-state index contributed by atoms with van der Waals surface area (Å²) < 4.78 is 0. The molecule has 0 rings (SSSR count). The Morgan fingerprint density at radius 3 is 2.60 bits per heavy atom. The molecule has 1 nitrogen and oxygen atoms in total. The van der Waals surface area contributed by atoms with Crippen LogP contribution >= 0.6 is 0 Å². The van der Waals surface area contributed by atoms with Gasteiger partial charge in [0.2, 0.25) is 0 Å². The molecule has 0 saturated carbocycles. The highest BCUT2D eigenvalue weighted by Crippen LogP contribution is 2.07. The average Bonchev–Trinajstić information content (AvgIpc) is 1.99. The van der Waals surface area contributed by atoms with E-state index in [0.717, 1.165) is 19.1 Å². The lowest BCUT2D eigenvalue weighted by atomic mass is 9.66. The third kappa shape index (κ3) is 4.44. The second-order valence-corrected chi connectivity index (χ2v) is 2.55. The van der Waals surface area contributed by atoms with E-state index < -0.39 is 0 Å². The Kier molecular flexibility index (Phi) is 6.37. The molecule has 0 heterocycles. The summed E-state index contributed by atoms with van der Waals surface area (Å²) in [5, 5.41) is 8.56. The summed E-state index contributed by atoms with van der Waals surface area (Å²) in [6, 6.07) is 2.28. The van der Waals surface area contributed by atoms with Crippen molar-refractivity contribution in [1.82, 2.24) is 0 Å². The zero-order chi connectivity index (χ0) is 7.82. The molecule has 0 aromatic heterocycles. The first-order chi connectivity index (χ1) is 4.85. The van der Waals surface area contributed by atoms with E-state index in [1.807, 2.05) is 0 Å². The second kappa shape index (κ2) is 6.67. The fraction of sp³-hybridized carbons (Fsp3) is 0.875. The number of rotatable bonds is 5. The topological polar surface area (TPSA) is 23.8 Å². The minimum absolute atomic E-state index is 0.256. The van der Waals surface area contributed by atoms with Gasteiger partial charge in [-0.2, -0.15) is 5.26 Å². The van der Waals surface area contributed by atoms with Gasteiger partial charge < -0.3 is 0 Å². The SMILES string of the molecule is CCC[B]CC(C#N)CC. The number of hydrogen-bond donors (Lipinski definition) is 0. The Hall–Kier alpha value is -0.445. The molecule has 0 N–H and O–H groups in total. The first-order valence-electron chi connectivity index (χ1n) is 4.06. The number of hydrogen-bond acceptors (Lipinski definition) is 1. The largest absolute Gasteiger partial charge is 0.198 e. The van der Waals surface area contributed by atoms with E-state index in [1.54, 1.807) is 0 Å². The Morgan fingerprint density at radius 1 is 1.50 bits per heavy atom. The van der Waals surface area contributed by atoms with E-state index in [0.29, 0.717) is 0 Å². The molecule has 1 atom stereocenters. The predicted molar refractivity (Wildman–Crippen MR) is 45.1 cm³/mol. The molecular weight excluding hydrogens is 121 g/mol. The van der Waals surface area contributed by atoms with Gasteiger partial charge in [0.15, 0.2) is 0 Å². The van der Waals surface area contributed by atoms with Crippen molar-refractivity contribution in [2.45, 2.75) is 39.3 Å². The molecule has 55 valence electrons. The Bertz CT molecular complexity index is 106. The fourth-order valence-electron chi connectivity index (χ4n) is 0.834. The summed E-state index contributed by atoms with van der Waals surface area (Å²) >= 11 is 0. The van der Waals surface area contributed by atoms with E-state index in [4.69, 9.17) is 5.26 Å². The van der Waals surface area contributed by atoms with E-state index in [9.17, 15) is 0 Å². The lowest BCUT2D eigenvalue weighted by molar-refractivity contribution is 0.706. The van der Waals surface area contributed by atoms with Crippen molar-refractivity contribution in [2.75, 3.05) is 0 Å². The fourth-order valence-corrected chi connectivity index (χ4v) is 0.834. The molecule has 1 radical (unpaired) electrons. The van der Waals surface area contributed by atoms with Gasteiger partial charge in [0.05, 0.1) is 6.07 Å². The first kappa shape index (κ1) is 9.55. The summed E-state index contributed by atoms with van der Waals surface area (Å²) in [5.41, 5.74) is 0. The number of nitriles is 1. The average molecular weight is 136 g/mol. The van der Waals surface area contributed by atoms with Crippen LogP contribution in [-0.2, 0) is 0 Å². The highest BCUT2D eigenvalue weighted by Gasteiger charge is 2.02. The summed E-state index contributed by atoms with van der Waals surface area (Å²) in [6.45, 7) is 4.22. The normalized spacial score (nSPS) is 12.1. The van der Waals surface area contributed by atoms with Crippen LogP contribution in [0.2, 0.25) is 12.6 Å². The molecule has 0 bridgehead atoms. The second-order valence-electron chi connectivity index (χ2n) is 2.55. The standard InChI is InChI=1S/C8H15BN/c1-3-5-9-6-8(4-2)7-10/h8H,3-6H2,1-2H3. The number of nitrogens with zero attached hydrogens (tertiary/aromatic N) is 1. The first-order valence-corrected chi connectivity index (χ1v) is 4.06. The molecule has 10 heavy (non-hydrogen) atoms. The molecule has 0 aliphatic heterocycles. The van der Waals surface area contributed by atoms with Crippen LogP contribution in [0.1, 0.15) is 26.7 Å². The molecule has 0 spiro atoms. The Balaban J connectivity index is 3.20. The molecule has 0 saturated heterocycles. The van der Waals surface area contributed by atoms with Gasteiger partial charge in [-0.25, -0.2) is 0 Å². The molecular formula is C8H15BN. The maximum Gasteiger partial charge on any atom is 0.111 e. The molecule has 0 fully saturated rings. The third-order valence-electron chi connectivity index (χ3n) is 1.62. The smallest absolute Gasteiger partial charge is 0.111 e. The Morgan fingerprint density at radius 2 is 2.20 bits per heavy atom. The van der Waals surface area contributed by atoms with Gasteiger partial charge >= 0.3 is 0 Å². The highest BCUT2D eigenvalue weighted by molar-refractivity contribution is 6.35. The van der Waals surface area contributed by atoms with Crippen molar-refractivity contribution in [3.8, 4) is 6.07 Å². The van der Waals surface area contributed by atoms with Crippen molar-refractivity contribution in [1.29, 1.82) is 5.26 Å². The monoisotopic (exact) mass is 136 g/mol. The van der Waals surface area contributed by atoms with Gasteiger partial charge in [-0.1, -0.05) is 32.9 Å². The van der Waals surface area contributed by atoms with E-state index in [1.165, 1.54) is 6.42 Å². The maximum atomic E-state index is 8.56. The molecule has 0 aromatic carbocycles. The lowest BCUT2D eigenvalue weighted by Gasteiger charge is -2.01. The molecule has 0 aliphatic carbocycles. The molecule has 0 aliphatic rings. The van der Waals surface area contributed by atoms with Crippen LogP contribution in [-0.4, -0.2) is 7.28 Å². The van der Waals surface area contributed by atoms with Crippen LogP contribution in [0.25, 0.3) is 0 Å². The maximum absolute atomic E-state index is 8.56. The van der Waals surface area contributed by atoms with E-state index in [-0.39, 0.29) is 5.92 Å². The summed E-state index contributed by atoms with van der Waals surface area (Å²) in [7, 11) is 2.22. The van der Waals surface area contributed by atoms with Crippen molar-refractivity contribution < 1.29 is 0 Å². The van der Waals surface area contributed by atoms with Gasteiger partial charge in [0.25, 0.3) is 0 Å². The quantitative estimate of drug-likeness (QED) is 0.420. The van der Waals surface area contributed by atoms with Crippen molar-refractivity contribution in [3.63, 3.8) is 0 Å². The summed E-state index contributed by atoms with van der Waals surface area (Å²) in [6.07, 6.45) is 4.30. The third-order valence-corrected chi connectivity index (χ3v) is 1.62. The zero-order valence-electron chi connectivity index (χ0n) is 6.93. The summed E-state index contributed by atoms with van der Waals surface area (Å²) in [5.74, 6) is 0.256. The van der Waals surface area contributed by atoms with Crippen LogP contribution < -0.4 is 0 Å².